The summed E-state index contributed by atoms with van der Waals surface area (Å²) in [7, 11) is 0. The molecule has 2 aromatic rings. The molecule has 2 N–H and O–H groups in total. The van der Waals surface area contributed by atoms with E-state index in [0.29, 0.717) is 12.0 Å². The Morgan fingerprint density at radius 2 is 1.93 bits per heavy atom. The molecule has 1 heterocycles. The van der Waals surface area contributed by atoms with E-state index < -0.39 is 0 Å². The first-order valence-electron chi connectivity index (χ1n) is 10.7. The molecule has 1 aliphatic rings. The number of rotatable bonds is 9. The second-order valence-electron chi connectivity index (χ2n) is 7.70. The molecule has 0 spiro atoms. The predicted octanol–water partition coefficient (Wildman–Crippen LogP) is 4.89. The van der Waals surface area contributed by atoms with E-state index in [4.69, 9.17) is 9.73 Å². The Balaban J connectivity index is 0.00000300. The zero-order chi connectivity index (χ0) is 19.7. The van der Waals surface area contributed by atoms with Crippen LogP contribution in [-0.4, -0.2) is 37.2 Å². The average molecular weight is 510 g/mol. The number of pyridine rings is 1. The van der Waals surface area contributed by atoms with Crippen molar-refractivity contribution in [1.82, 2.24) is 15.6 Å². The number of hydrogen-bond acceptors (Lipinski definition) is 3. The quantitative estimate of drug-likeness (QED) is 0.218. The molecule has 1 aromatic heterocycles. The van der Waals surface area contributed by atoms with Crippen molar-refractivity contribution < 1.29 is 4.74 Å². The fourth-order valence-corrected chi connectivity index (χ4v) is 4.15. The van der Waals surface area contributed by atoms with Crippen molar-refractivity contribution in [2.45, 2.75) is 52.5 Å². The van der Waals surface area contributed by atoms with Crippen LogP contribution in [-0.2, 0) is 11.3 Å². The second kappa shape index (κ2) is 12.3. The maximum atomic E-state index is 5.64. The van der Waals surface area contributed by atoms with Crippen molar-refractivity contribution in [1.29, 1.82) is 0 Å². The fourth-order valence-electron chi connectivity index (χ4n) is 4.15. The van der Waals surface area contributed by atoms with Crippen LogP contribution < -0.4 is 10.6 Å². The number of benzene rings is 1. The van der Waals surface area contributed by atoms with Crippen molar-refractivity contribution in [3.05, 3.63) is 42.1 Å². The van der Waals surface area contributed by atoms with E-state index in [2.05, 4.69) is 53.7 Å². The van der Waals surface area contributed by atoms with Gasteiger partial charge in [-0.25, -0.2) is 4.99 Å². The van der Waals surface area contributed by atoms with Gasteiger partial charge in [-0.15, -0.1) is 24.0 Å². The van der Waals surface area contributed by atoms with Crippen molar-refractivity contribution >= 4 is 40.8 Å². The Hall–Kier alpha value is -1.41. The molecule has 0 amide bonds. The first-order chi connectivity index (χ1) is 13.8. The van der Waals surface area contributed by atoms with Gasteiger partial charge in [0.15, 0.2) is 5.96 Å². The minimum Gasteiger partial charge on any atom is -0.382 e. The molecule has 1 aromatic carbocycles. The highest BCUT2D eigenvalue weighted by Crippen LogP contribution is 2.40. The summed E-state index contributed by atoms with van der Waals surface area (Å²) in [5, 5.41) is 8.17. The molecule has 160 valence electrons. The monoisotopic (exact) mass is 510 g/mol. The molecule has 0 saturated heterocycles. The van der Waals surface area contributed by atoms with Gasteiger partial charge in [0.1, 0.15) is 0 Å². The molecule has 6 heteroatoms. The van der Waals surface area contributed by atoms with Gasteiger partial charge in [0.25, 0.3) is 0 Å². The van der Waals surface area contributed by atoms with E-state index in [1.54, 1.807) is 0 Å². The van der Waals surface area contributed by atoms with Gasteiger partial charge in [0.05, 0.1) is 12.1 Å². The minimum atomic E-state index is 0. The molecule has 0 atom stereocenters. The smallest absolute Gasteiger partial charge is 0.191 e. The number of aliphatic imine (C=N–C) groups is 1. The molecule has 3 rings (SSSR count). The molecular formula is C23H35IN4O. The maximum Gasteiger partial charge on any atom is 0.191 e. The highest BCUT2D eigenvalue weighted by Gasteiger charge is 2.33. The molecule has 0 aliphatic heterocycles. The number of aromatic nitrogens is 1. The SMILES string of the molecule is CCNC(=NCc1cccc2cccnc12)NCC1(CCOCC)CCCC1.I. The third kappa shape index (κ3) is 6.81. The van der Waals surface area contributed by atoms with Gasteiger partial charge in [-0.2, -0.15) is 0 Å². The molecule has 29 heavy (non-hydrogen) atoms. The van der Waals surface area contributed by atoms with Crippen LogP contribution in [0.2, 0.25) is 0 Å². The Kier molecular flexibility index (Phi) is 10.1. The van der Waals surface area contributed by atoms with E-state index in [1.807, 2.05) is 12.3 Å². The molecule has 1 saturated carbocycles. The van der Waals surface area contributed by atoms with E-state index in [-0.39, 0.29) is 24.0 Å². The lowest BCUT2D eigenvalue weighted by Gasteiger charge is -2.30. The first-order valence-corrected chi connectivity index (χ1v) is 10.7. The summed E-state index contributed by atoms with van der Waals surface area (Å²) >= 11 is 0. The zero-order valence-corrected chi connectivity index (χ0v) is 20.1. The summed E-state index contributed by atoms with van der Waals surface area (Å²) in [4.78, 5) is 9.39. The van der Waals surface area contributed by atoms with Crippen molar-refractivity contribution in [3.63, 3.8) is 0 Å². The third-order valence-corrected chi connectivity index (χ3v) is 5.74. The predicted molar refractivity (Wildman–Crippen MR) is 132 cm³/mol. The summed E-state index contributed by atoms with van der Waals surface area (Å²) in [6, 6.07) is 10.4. The van der Waals surface area contributed by atoms with E-state index in [1.165, 1.54) is 25.7 Å². The number of nitrogens with one attached hydrogen (secondary N) is 2. The van der Waals surface area contributed by atoms with Gasteiger partial charge in [0, 0.05) is 37.9 Å². The van der Waals surface area contributed by atoms with Crippen molar-refractivity contribution in [3.8, 4) is 0 Å². The third-order valence-electron chi connectivity index (χ3n) is 5.74. The lowest BCUT2D eigenvalue weighted by atomic mass is 9.83. The summed E-state index contributed by atoms with van der Waals surface area (Å²) in [6.45, 7) is 8.26. The Morgan fingerprint density at radius 1 is 1.14 bits per heavy atom. The Bertz CT molecular complexity index is 769. The van der Waals surface area contributed by atoms with Gasteiger partial charge < -0.3 is 15.4 Å². The van der Waals surface area contributed by atoms with Crippen molar-refractivity contribution in [2.75, 3.05) is 26.3 Å². The first kappa shape index (κ1) is 23.9. The van der Waals surface area contributed by atoms with Gasteiger partial charge in [-0.3, -0.25) is 4.98 Å². The number of hydrogen-bond donors (Lipinski definition) is 2. The number of fused-ring (bicyclic) bond motifs is 1. The van der Waals surface area contributed by atoms with Gasteiger partial charge in [-0.05, 0) is 50.2 Å². The normalized spacial score (nSPS) is 15.9. The van der Waals surface area contributed by atoms with Crippen LogP contribution in [0.1, 0.15) is 51.5 Å². The molecule has 5 nitrogen and oxygen atoms in total. The molecule has 1 fully saturated rings. The molecule has 0 radical (unpaired) electrons. The number of guanidine groups is 1. The summed E-state index contributed by atoms with van der Waals surface area (Å²) in [5.41, 5.74) is 2.53. The standard InChI is InChI=1S/C23H34N4O.HI/c1-3-24-22(27-18-23(12-5-6-13-23)14-16-28-4-2)26-17-20-10-7-9-19-11-8-15-25-21(19)20;/h7-11,15H,3-6,12-14,16-18H2,1-2H3,(H2,24,26,27);1H. The number of nitrogens with zero attached hydrogens (tertiary/aromatic N) is 2. The van der Waals surface area contributed by atoms with Crippen LogP contribution in [0, 0.1) is 5.41 Å². The van der Waals surface area contributed by atoms with Gasteiger partial charge in [0.2, 0.25) is 0 Å². The summed E-state index contributed by atoms with van der Waals surface area (Å²) in [5.74, 6) is 0.887. The van der Waals surface area contributed by atoms with E-state index in [0.717, 1.165) is 55.2 Å². The number of halogens is 1. The Labute approximate surface area is 192 Å². The molecule has 1 aliphatic carbocycles. The maximum absolute atomic E-state index is 5.64. The van der Waals surface area contributed by atoms with Crippen LogP contribution in [0.3, 0.4) is 0 Å². The molecule has 0 unspecified atom stereocenters. The van der Waals surface area contributed by atoms with Crippen molar-refractivity contribution in [2.24, 2.45) is 10.4 Å². The van der Waals surface area contributed by atoms with Crippen LogP contribution in [0.5, 0.6) is 0 Å². The van der Waals surface area contributed by atoms with E-state index >= 15 is 0 Å². The lowest BCUT2D eigenvalue weighted by Crippen LogP contribution is -2.43. The summed E-state index contributed by atoms with van der Waals surface area (Å²) in [6.07, 6.45) is 8.17. The second-order valence-corrected chi connectivity index (χ2v) is 7.70. The topological polar surface area (TPSA) is 58.5 Å². The highest BCUT2D eigenvalue weighted by atomic mass is 127. The zero-order valence-electron chi connectivity index (χ0n) is 17.7. The van der Waals surface area contributed by atoms with Gasteiger partial charge in [-0.1, -0.05) is 37.1 Å². The highest BCUT2D eigenvalue weighted by molar-refractivity contribution is 14.0. The fraction of sp³-hybridized carbons (Fsp3) is 0.565. The van der Waals surface area contributed by atoms with Crippen LogP contribution in [0.15, 0.2) is 41.5 Å². The largest absolute Gasteiger partial charge is 0.382 e. The average Bonchev–Trinajstić information content (AvgIpc) is 3.19. The Morgan fingerprint density at radius 3 is 2.69 bits per heavy atom. The minimum absolute atomic E-state index is 0. The lowest BCUT2D eigenvalue weighted by molar-refractivity contribution is 0.105. The van der Waals surface area contributed by atoms with Crippen LogP contribution in [0.25, 0.3) is 10.9 Å². The van der Waals surface area contributed by atoms with E-state index in [9.17, 15) is 0 Å². The van der Waals surface area contributed by atoms with Gasteiger partial charge >= 0.3 is 0 Å². The molecule has 0 bridgehead atoms. The number of ether oxygens (including phenoxy) is 1. The summed E-state index contributed by atoms with van der Waals surface area (Å²) < 4.78 is 5.64. The van der Waals surface area contributed by atoms with Crippen LogP contribution in [0.4, 0.5) is 0 Å². The molecular weight excluding hydrogens is 475 g/mol. The van der Waals surface area contributed by atoms with Crippen LogP contribution >= 0.6 is 24.0 Å². The number of para-hydroxylation sites is 1.